The first kappa shape index (κ1) is 12.8. The Hall–Kier alpha value is -1.66. The van der Waals surface area contributed by atoms with Gasteiger partial charge in [-0.3, -0.25) is 0 Å². The standard InChI is InChI=1S/C12H16N4OS/c1-8-3-4-10(17-2)9(7-8)14-12-16-15-11(18-12)5-6-13/h3-4,7H,5-6,13H2,1-2H3,(H,14,16). The van der Waals surface area contributed by atoms with Gasteiger partial charge in [0.2, 0.25) is 5.13 Å². The Morgan fingerprint density at radius 3 is 2.94 bits per heavy atom. The van der Waals surface area contributed by atoms with Crippen molar-refractivity contribution in [2.45, 2.75) is 13.3 Å². The summed E-state index contributed by atoms with van der Waals surface area (Å²) in [5, 5.41) is 13.1. The lowest BCUT2D eigenvalue weighted by molar-refractivity contribution is 0.416. The van der Waals surface area contributed by atoms with E-state index in [9.17, 15) is 0 Å². The molecular weight excluding hydrogens is 248 g/mol. The van der Waals surface area contributed by atoms with Gasteiger partial charge in [0.25, 0.3) is 0 Å². The van der Waals surface area contributed by atoms with E-state index < -0.39 is 0 Å². The summed E-state index contributed by atoms with van der Waals surface area (Å²) in [6.07, 6.45) is 0.754. The van der Waals surface area contributed by atoms with Crippen LogP contribution in [0, 0.1) is 6.92 Å². The fourth-order valence-electron chi connectivity index (χ4n) is 1.56. The number of hydrogen-bond acceptors (Lipinski definition) is 6. The van der Waals surface area contributed by atoms with Gasteiger partial charge < -0.3 is 15.8 Å². The van der Waals surface area contributed by atoms with Crippen molar-refractivity contribution in [3.8, 4) is 5.75 Å². The van der Waals surface area contributed by atoms with Crippen molar-refractivity contribution >= 4 is 22.2 Å². The number of anilines is 2. The molecule has 0 atom stereocenters. The van der Waals surface area contributed by atoms with Crippen LogP contribution in [0.4, 0.5) is 10.8 Å². The molecule has 5 nitrogen and oxygen atoms in total. The Morgan fingerprint density at radius 1 is 1.39 bits per heavy atom. The molecule has 1 heterocycles. The number of ether oxygens (including phenoxy) is 1. The van der Waals surface area contributed by atoms with E-state index in [1.807, 2.05) is 25.1 Å². The lowest BCUT2D eigenvalue weighted by Crippen LogP contribution is -2.01. The van der Waals surface area contributed by atoms with Crippen LogP contribution in [-0.4, -0.2) is 23.9 Å². The summed E-state index contributed by atoms with van der Waals surface area (Å²) < 4.78 is 5.30. The normalized spacial score (nSPS) is 10.4. The molecule has 0 aliphatic carbocycles. The molecule has 0 saturated carbocycles. The van der Waals surface area contributed by atoms with Crippen molar-refractivity contribution in [2.24, 2.45) is 5.73 Å². The lowest BCUT2D eigenvalue weighted by atomic mass is 10.2. The van der Waals surface area contributed by atoms with Crippen LogP contribution >= 0.6 is 11.3 Å². The van der Waals surface area contributed by atoms with E-state index in [0.717, 1.165) is 33.6 Å². The average molecular weight is 264 g/mol. The van der Waals surface area contributed by atoms with E-state index in [2.05, 4.69) is 15.5 Å². The number of nitrogens with one attached hydrogen (secondary N) is 1. The van der Waals surface area contributed by atoms with Crippen LogP contribution in [0.5, 0.6) is 5.75 Å². The van der Waals surface area contributed by atoms with E-state index in [4.69, 9.17) is 10.5 Å². The molecule has 0 amide bonds. The average Bonchev–Trinajstić information content (AvgIpc) is 2.77. The molecule has 0 fully saturated rings. The fourth-order valence-corrected chi connectivity index (χ4v) is 2.33. The van der Waals surface area contributed by atoms with Gasteiger partial charge in [0.05, 0.1) is 12.8 Å². The number of aryl methyl sites for hydroxylation is 1. The van der Waals surface area contributed by atoms with Gasteiger partial charge >= 0.3 is 0 Å². The summed E-state index contributed by atoms with van der Waals surface area (Å²) in [5.41, 5.74) is 7.54. The Labute approximate surface area is 110 Å². The van der Waals surface area contributed by atoms with Gasteiger partial charge in [0, 0.05) is 6.42 Å². The minimum absolute atomic E-state index is 0.586. The van der Waals surface area contributed by atoms with Crippen LogP contribution in [0.3, 0.4) is 0 Å². The number of nitrogens with zero attached hydrogens (tertiary/aromatic N) is 2. The molecule has 96 valence electrons. The maximum Gasteiger partial charge on any atom is 0.210 e. The maximum absolute atomic E-state index is 5.49. The second-order valence-corrected chi connectivity index (χ2v) is 4.93. The lowest BCUT2D eigenvalue weighted by Gasteiger charge is -2.09. The van der Waals surface area contributed by atoms with E-state index >= 15 is 0 Å². The van der Waals surface area contributed by atoms with E-state index in [0.29, 0.717) is 6.54 Å². The number of aromatic nitrogens is 2. The topological polar surface area (TPSA) is 73.1 Å². The third kappa shape index (κ3) is 2.96. The smallest absolute Gasteiger partial charge is 0.210 e. The largest absolute Gasteiger partial charge is 0.495 e. The number of methoxy groups -OCH3 is 1. The molecule has 3 N–H and O–H groups in total. The summed E-state index contributed by atoms with van der Waals surface area (Å²) >= 11 is 1.51. The molecule has 1 aromatic heterocycles. The van der Waals surface area contributed by atoms with Crippen molar-refractivity contribution in [1.29, 1.82) is 0 Å². The van der Waals surface area contributed by atoms with Gasteiger partial charge in [-0.25, -0.2) is 0 Å². The molecule has 0 radical (unpaired) electrons. The van der Waals surface area contributed by atoms with E-state index in [-0.39, 0.29) is 0 Å². The van der Waals surface area contributed by atoms with E-state index in [1.54, 1.807) is 7.11 Å². The predicted molar refractivity (Wildman–Crippen MR) is 73.7 cm³/mol. The molecule has 2 aromatic rings. The molecule has 6 heteroatoms. The summed E-state index contributed by atoms with van der Waals surface area (Å²) in [5.74, 6) is 0.788. The zero-order valence-electron chi connectivity index (χ0n) is 10.4. The molecule has 0 bridgehead atoms. The molecule has 0 aliphatic rings. The van der Waals surface area contributed by atoms with Crippen LogP contribution in [0.1, 0.15) is 10.6 Å². The molecular formula is C12H16N4OS. The quantitative estimate of drug-likeness (QED) is 0.865. The highest BCUT2D eigenvalue weighted by Crippen LogP contribution is 2.29. The predicted octanol–water partition coefficient (Wildman–Crippen LogP) is 2.10. The van der Waals surface area contributed by atoms with Crippen LogP contribution in [-0.2, 0) is 6.42 Å². The summed E-state index contributed by atoms with van der Waals surface area (Å²) in [6, 6.07) is 5.95. The number of rotatable bonds is 5. The number of hydrogen-bond donors (Lipinski definition) is 2. The fraction of sp³-hybridized carbons (Fsp3) is 0.333. The SMILES string of the molecule is COc1ccc(C)cc1Nc1nnc(CCN)s1. The zero-order valence-corrected chi connectivity index (χ0v) is 11.3. The van der Waals surface area contributed by atoms with Crippen LogP contribution in [0.15, 0.2) is 18.2 Å². The zero-order chi connectivity index (χ0) is 13.0. The number of benzene rings is 1. The van der Waals surface area contributed by atoms with Gasteiger partial charge in [-0.05, 0) is 31.2 Å². The van der Waals surface area contributed by atoms with Gasteiger partial charge in [0.15, 0.2) is 0 Å². The first-order chi connectivity index (χ1) is 8.72. The van der Waals surface area contributed by atoms with Crippen LogP contribution in [0.25, 0.3) is 0 Å². The molecule has 18 heavy (non-hydrogen) atoms. The maximum atomic E-state index is 5.49. The molecule has 1 aromatic carbocycles. The molecule has 0 unspecified atom stereocenters. The highest BCUT2D eigenvalue weighted by atomic mass is 32.1. The molecule has 2 rings (SSSR count). The minimum atomic E-state index is 0.586. The Morgan fingerprint density at radius 2 is 2.22 bits per heavy atom. The second kappa shape index (κ2) is 5.79. The minimum Gasteiger partial charge on any atom is -0.495 e. The van der Waals surface area contributed by atoms with Crippen molar-refractivity contribution in [3.63, 3.8) is 0 Å². The third-order valence-electron chi connectivity index (χ3n) is 2.42. The number of nitrogens with two attached hydrogens (primary N) is 1. The third-order valence-corrected chi connectivity index (χ3v) is 3.32. The summed E-state index contributed by atoms with van der Waals surface area (Å²) in [6.45, 7) is 2.62. The van der Waals surface area contributed by atoms with Crippen molar-refractivity contribution in [3.05, 3.63) is 28.8 Å². The first-order valence-corrected chi connectivity index (χ1v) is 6.48. The van der Waals surface area contributed by atoms with Gasteiger partial charge in [-0.1, -0.05) is 17.4 Å². The Bertz CT molecular complexity index is 527. The Balaban J connectivity index is 2.19. The highest BCUT2D eigenvalue weighted by Gasteiger charge is 2.07. The highest BCUT2D eigenvalue weighted by molar-refractivity contribution is 7.15. The van der Waals surface area contributed by atoms with Crippen LogP contribution in [0.2, 0.25) is 0 Å². The summed E-state index contributed by atoms with van der Waals surface area (Å²) in [4.78, 5) is 0. The van der Waals surface area contributed by atoms with Gasteiger partial charge in [-0.2, -0.15) is 0 Å². The monoisotopic (exact) mass is 264 g/mol. The van der Waals surface area contributed by atoms with Gasteiger partial charge in [-0.15, -0.1) is 10.2 Å². The molecule has 0 spiro atoms. The van der Waals surface area contributed by atoms with Crippen molar-refractivity contribution in [1.82, 2.24) is 10.2 Å². The van der Waals surface area contributed by atoms with Crippen molar-refractivity contribution < 1.29 is 4.74 Å². The summed E-state index contributed by atoms with van der Waals surface area (Å²) in [7, 11) is 1.65. The van der Waals surface area contributed by atoms with Crippen LogP contribution < -0.4 is 15.8 Å². The molecule has 0 aliphatic heterocycles. The second-order valence-electron chi connectivity index (χ2n) is 3.87. The van der Waals surface area contributed by atoms with Crippen molar-refractivity contribution in [2.75, 3.05) is 19.0 Å². The van der Waals surface area contributed by atoms with E-state index in [1.165, 1.54) is 11.3 Å². The first-order valence-electron chi connectivity index (χ1n) is 5.67. The molecule has 0 saturated heterocycles. The van der Waals surface area contributed by atoms with Gasteiger partial charge in [0.1, 0.15) is 10.8 Å². The Kier molecular flexibility index (Phi) is 4.11.